The first-order valence-electron chi connectivity index (χ1n) is 7.73. The summed E-state index contributed by atoms with van der Waals surface area (Å²) < 4.78 is 6.29. The molecule has 20 heavy (non-hydrogen) atoms. The van der Waals surface area contributed by atoms with E-state index in [0.29, 0.717) is 6.42 Å². The van der Waals surface area contributed by atoms with Gasteiger partial charge in [-0.3, -0.25) is 0 Å². The Morgan fingerprint density at radius 2 is 1.70 bits per heavy atom. The molecule has 0 amide bonds. The summed E-state index contributed by atoms with van der Waals surface area (Å²) in [6, 6.07) is 1.17. The lowest BCUT2D eigenvalue weighted by Crippen LogP contribution is -2.33. The summed E-state index contributed by atoms with van der Waals surface area (Å²) in [4.78, 5) is 11.1. The van der Waals surface area contributed by atoms with E-state index in [1.165, 1.54) is 11.6 Å². The molecule has 0 spiro atoms. The molecule has 0 aromatic rings. The predicted molar refractivity (Wildman–Crippen MR) is 94.7 cm³/mol. The van der Waals surface area contributed by atoms with Crippen LogP contribution < -0.4 is 0 Å². The number of hydrogen-bond acceptors (Lipinski definition) is 2. The summed E-state index contributed by atoms with van der Waals surface area (Å²) in [6.45, 7) is 19.7. The third kappa shape index (κ3) is 12.8. The van der Waals surface area contributed by atoms with Gasteiger partial charge in [-0.25, -0.2) is 0 Å². The Labute approximate surface area is 128 Å². The van der Waals surface area contributed by atoms with Gasteiger partial charge in [0.25, 0.3) is 0 Å². The van der Waals surface area contributed by atoms with E-state index in [2.05, 4.69) is 45.9 Å². The van der Waals surface area contributed by atoms with Crippen LogP contribution in [0.5, 0.6) is 0 Å². The molecule has 1 atom stereocenters. The smallest absolute Gasteiger partial charge is 0.184 e. The zero-order chi connectivity index (χ0) is 16.0. The maximum atomic E-state index is 11.1. The van der Waals surface area contributed by atoms with E-state index in [4.69, 9.17) is 4.43 Å². The van der Waals surface area contributed by atoms with Gasteiger partial charge in [0, 0.05) is 20.6 Å². The van der Waals surface area contributed by atoms with E-state index in [9.17, 15) is 4.79 Å². The third-order valence-electron chi connectivity index (χ3n) is 2.87. The standard InChI is InChI=1S/C16H34O2Si2/c1-14(13-19(3,4)5)12-16(18-20(6,7)8)11-9-10-15(2)17/h16H,1,9-13H2,2-8H3/t16-/m0/s1. The topological polar surface area (TPSA) is 26.3 Å². The fourth-order valence-corrected chi connectivity index (χ4v) is 5.27. The molecular formula is C16H34O2Si2. The number of carbonyl (C=O) groups is 1. The van der Waals surface area contributed by atoms with Gasteiger partial charge in [0.2, 0.25) is 0 Å². The molecule has 118 valence electrons. The van der Waals surface area contributed by atoms with Gasteiger partial charge in [-0.1, -0.05) is 25.2 Å². The molecule has 0 aliphatic rings. The Hall–Kier alpha value is -0.196. The molecule has 0 radical (unpaired) electrons. The summed E-state index contributed by atoms with van der Waals surface area (Å²) >= 11 is 0. The van der Waals surface area contributed by atoms with Crippen LogP contribution in [0.1, 0.15) is 32.6 Å². The van der Waals surface area contributed by atoms with Gasteiger partial charge in [-0.2, -0.15) is 0 Å². The predicted octanol–water partition coefficient (Wildman–Crippen LogP) is 5.25. The van der Waals surface area contributed by atoms with E-state index in [0.717, 1.165) is 19.3 Å². The zero-order valence-electron chi connectivity index (χ0n) is 14.6. The Bertz CT molecular complexity index is 324. The highest BCUT2D eigenvalue weighted by atomic mass is 28.4. The largest absolute Gasteiger partial charge is 0.414 e. The van der Waals surface area contributed by atoms with Crippen LogP contribution >= 0.6 is 0 Å². The van der Waals surface area contributed by atoms with Gasteiger partial charge in [0.05, 0.1) is 0 Å². The molecule has 0 rings (SSSR count). The molecule has 4 heteroatoms. The van der Waals surface area contributed by atoms with E-state index in [-0.39, 0.29) is 11.9 Å². The van der Waals surface area contributed by atoms with Crippen molar-refractivity contribution >= 4 is 22.2 Å². The average Bonchev–Trinajstić information content (AvgIpc) is 2.09. The van der Waals surface area contributed by atoms with Crippen LogP contribution in [0, 0.1) is 0 Å². The van der Waals surface area contributed by atoms with Crippen molar-refractivity contribution in [3.63, 3.8) is 0 Å². The quantitative estimate of drug-likeness (QED) is 0.406. The minimum absolute atomic E-state index is 0.255. The molecule has 0 aliphatic carbocycles. The van der Waals surface area contributed by atoms with Gasteiger partial charge in [-0.05, 0) is 51.9 Å². The van der Waals surface area contributed by atoms with Crippen molar-refractivity contribution in [2.45, 2.75) is 84.0 Å². The molecule has 0 saturated heterocycles. The normalized spacial score (nSPS) is 14.2. The van der Waals surface area contributed by atoms with E-state index in [1.54, 1.807) is 6.92 Å². The average molecular weight is 315 g/mol. The lowest BCUT2D eigenvalue weighted by Gasteiger charge is -2.28. The van der Waals surface area contributed by atoms with Crippen LogP contribution in [0.4, 0.5) is 0 Å². The number of rotatable bonds is 10. The first kappa shape index (κ1) is 19.8. The van der Waals surface area contributed by atoms with Crippen LogP contribution in [0.2, 0.25) is 45.3 Å². The minimum atomic E-state index is -1.54. The minimum Gasteiger partial charge on any atom is -0.414 e. The van der Waals surface area contributed by atoms with Crippen molar-refractivity contribution in [2.24, 2.45) is 0 Å². The second kappa shape index (κ2) is 8.30. The summed E-state index contributed by atoms with van der Waals surface area (Å²) in [5, 5.41) is 0. The summed E-state index contributed by atoms with van der Waals surface area (Å²) in [5.74, 6) is 0.276. The monoisotopic (exact) mass is 314 g/mol. The summed E-state index contributed by atoms with van der Waals surface area (Å²) in [6.07, 6.45) is 3.81. The Balaban J connectivity index is 4.44. The molecule has 0 bridgehead atoms. The van der Waals surface area contributed by atoms with E-state index < -0.39 is 16.4 Å². The third-order valence-corrected chi connectivity index (χ3v) is 5.47. The highest BCUT2D eigenvalue weighted by molar-refractivity contribution is 6.76. The number of hydrogen-bond donors (Lipinski definition) is 0. The lowest BCUT2D eigenvalue weighted by atomic mass is 10.0. The maximum absolute atomic E-state index is 11.1. The molecule has 0 aromatic carbocycles. The second-order valence-corrected chi connectivity index (χ2v) is 18.1. The molecule has 0 N–H and O–H groups in total. The first-order valence-corrected chi connectivity index (χ1v) is 14.8. The Kier molecular flexibility index (Phi) is 8.21. The zero-order valence-corrected chi connectivity index (χ0v) is 16.6. The van der Waals surface area contributed by atoms with Crippen molar-refractivity contribution in [1.29, 1.82) is 0 Å². The van der Waals surface area contributed by atoms with E-state index in [1.807, 2.05) is 0 Å². The van der Waals surface area contributed by atoms with Crippen molar-refractivity contribution in [3.8, 4) is 0 Å². The Morgan fingerprint density at radius 1 is 1.15 bits per heavy atom. The van der Waals surface area contributed by atoms with Gasteiger partial charge in [0.15, 0.2) is 8.32 Å². The molecule has 0 aliphatic heterocycles. The highest BCUT2D eigenvalue weighted by Gasteiger charge is 2.23. The van der Waals surface area contributed by atoms with Gasteiger partial charge >= 0.3 is 0 Å². The first-order chi connectivity index (χ1) is 8.89. The van der Waals surface area contributed by atoms with Crippen molar-refractivity contribution in [2.75, 3.05) is 0 Å². The van der Waals surface area contributed by atoms with Gasteiger partial charge in [0.1, 0.15) is 5.78 Å². The van der Waals surface area contributed by atoms with Crippen molar-refractivity contribution in [1.82, 2.24) is 0 Å². The Morgan fingerprint density at radius 3 is 2.10 bits per heavy atom. The number of Topliss-reactive ketones (excluding diaryl/α,β-unsaturated/α-hetero) is 1. The van der Waals surface area contributed by atoms with Gasteiger partial charge in [-0.15, -0.1) is 6.58 Å². The fraction of sp³-hybridized carbons (Fsp3) is 0.812. The van der Waals surface area contributed by atoms with Crippen LogP contribution in [-0.4, -0.2) is 28.3 Å². The van der Waals surface area contributed by atoms with Crippen molar-refractivity contribution in [3.05, 3.63) is 12.2 Å². The lowest BCUT2D eigenvalue weighted by molar-refractivity contribution is -0.117. The molecule has 0 saturated carbocycles. The summed E-state index contributed by atoms with van der Waals surface area (Å²) in [5.41, 5.74) is 1.33. The van der Waals surface area contributed by atoms with Gasteiger partial charge < -0.3 is 9.22 Å². The number of carbonyl (C=O) groups excluding carboxylic acids is 1. The SMILES string of the molecule is C=C(C[C@H](CCCC(C)=O)O[Si](C)(C)C)C[Si](C)(C)C. The second-order valence-electron chi connectivity index (χ2n) is 8.14. The van der Waals surface area contributed by atoms with Crippen molar-refractivity contribution < 1.29 is 9.22 Å². The summed E-state index contributed by atoms with van der Waals surface area (Å²) in [7, 11) is -2.63. The fourth-order valence-electron chi connectivity index (χ4n) is 2.43. The molecule has 0 fully saturated rings. The number of ketones is 1. The van der Waals surface area contributed by atoms with Crippen LogP contribution in [0.3, 0.4) is 0 Å². The van der Waals surface area contributed by atoms with E-state index >= 15 is 0 Å². The maximum Gasteiger partial charge on any atom is 0.184 e. The molecule has 0 aromatic heterocycles. The molecule has 0 unspecified atom stereocenters. The molecular weight excluding hydrogens is 280 g/mol. The van der Waals surface area contributed by atoms with Crippen LogP contribution in [-0.2, 0) is 9.22 Å². The molecule has 2 nitrogen and oxygen atoms in total. The molecule has 0 heterocycles. The highest BCUT2D eigenvalue weighted by Crippen LogP contribution is 2.24. The van der Waals surface area contributed by atoms with Crippen LogP contribution in [0.15, 0.2) is 12.2 Å². The van der Waals surface area contributed by atoms with Crippen LogP contribution in [0.25, 0.3) is 0 Å².